The zero-order chi connectivity index (χ0) is 16.0. The van der Waals surface area contributed by atoms with Gasteiger partial charge in [0, 0.05) is 0 Å². The SMILES string of the molecule is CCCCCCCCOCOC(=Cc1ccccc1)C(=O)O. The topological polar surface area (TPSA) is 55.8 Å². The number of benzene rings is 1. The molecular formula is C18H26O4. The van der Waals surface area contributed by atoms with Crippen LogP contribution in [0.2, 0.25) is 0 Å². The van der Waals surface area contributed by atoms with E-state index in [1.807, 2.05) is 30.3 Å². The Balaban J connectivity index is 2.20. The molecule has 0 radical (unpaired) electrons. The third kappa shape index (κ3) is 8.47. The minimum atomic E-state index is -1.09. The highest BCUT2D eigenvalue weighted by atomic mass is 16.7. The summed E-state index contributed by atoms with van der Waals surface area (Å²) in [5, 5.41) is 9.11. The predicted octanol–water partition coefficient (Wildman–Crippen LogP) is 4.46. The summed E-state index contributed by atoms with van der Waals surface area (Å²) < 4.78 is 10.5. The van der Waals surface area contributed by atoms with Gasteiger partial charge in [-0.3, -0.25) is 0 Å². The fourth-order valence-corrected chi connectivity index (χ4v) is 2.01. The van der Waals surface area contributed by atoms with Gasteiger partial charge >= 0.3 is 5.97 Å². The highest BCUT2D eigenvalue weighted by Crippen LogP contribution is 2.09. The monoisotopic (exact) mass is 306 g/mol. The molecule has 0 saturated carbocycles. The smallest absolute Gasteiger partial charge is 0.371 e. The van der Waals surface area contributed by atoms with Crippen molar-refractivity contribution in [2.45, 2.75) is 45.4 Å². The van der Waals surface area contributed by atoms with Crippen LogP contribution < -0.4 is 0 Å². The molecule has 0 aliphatic rings. The minimum absolute atomic E-state index is 0.0279. The highest BCUT2D eigenvalue weighted by Gasteiger charge is 2.08. The summed E-state index contributed by atoms with van der Waals surface area (Å²) in [5.74, 6) is -1.19. The van der Waals surface area contributed by atoms with E-state index < -0.39 is 5.97 Å². The summed E-state index contributed by atoms with van der Waals surface area (Å²) >= 11 is 0. The first-order valence-corrected chi connectivity index (χ1v) is 7.94. The van der Waals surface area contributed by atoms with Crippen molar-refractivity contribution in [2.24, 2.45) is 0 Å². The Morgan fingerprint density at radius 1 is 1.09 bits per heavy atom. The number of unbranched alkanes of at least 4 members (excludes halogenated alkanes) is 5. The number of rotatable bonds is 12. The second kappa shape index (κ2) is 11.8. The molecule has 0 unspecified atom stereocenters. The van der Waals surface area contributed by atoms with Crippen molar-refractivity contribution in [2.75, 3.05) is 13.4 Å². The van der Waals surface area contributed by atoms with Gasteiger partial charge in [0.15, 0.2) is 6.79 Å². The largest absolute Gasteiger partial charge is 0.475 e. The Bertz CT molecular complexity index is 440. The van der Waals surface area contributed by atoms with Gasteiger partial charge in [0.2, 0.25) is 5.76 Å². The molecule has 0 amide bonds. The first-order valence-electron chi connectivity index (χ1n) is 7.94. The van der Waals surface area contributed by atoms with Crippen LogP contribution in [0.3, 0.4) is 0 Å². The molecule has 1 aromatic rings. The number of ether oxygens (including phenoxy) is 2. The number of carboxylic acid groups (broad SMARTS) is 1. The van der Waals surface area contributed by atoms with E-state index in [0.29, 0.717) is 6.61 Å². The molecular weight excluding hydrogens is 280 g/mol. The molecule has 0 bridgehead atoms. The summed E-state index contributed by atoms with van der Waals surface area (Å²) in [4.78, 5) is 11.1. The van der Waals surface area contributed by atoms with Crippen LogP contribution in [0, 0.1) is 0 Å². The first kappa shape index (κ1) is 18.2. The number of aliphatic carboxylic acids is 1. The van der Waals surface area contributed by atoms with E-state index in [2.05, 4.69) is 6.92 Å². The molecule has 1 rings (SSSR count). The maximum atomic E-state index is 11.1. The molecule has 122 valence electrons. The third-order valence-corrected chi connectivity index (χ3v) is 3.25. The molecule has 0 atom stereocenters. The Hall–Kier alpha value is -1.81. The van der Waals surface area contributed by atoms with Crippen LogP contribution in [0.5, 0.6) is 0 Å². The van der Waals surface area contributed by atoms with Crippen molar-refractivity contribution < 1.29 is 19.4 Å². The van der Waals surface area contributed by atoms with Gasteiger partial charge in [-0.1, -0.05) is 69.4 Å². The molecule has 0 heterocycles. The lowest BCUT2D eigenvalue weighted by atomic mass is 10.1. The zero-order valence-corrected chi connectivity index (χ0v) is 13.3. The van der Waals surface area contributed by atoms with E-state index in [9.17, 15) is 4.79 Å². The Morgan fingerprint density at radius 3 is 2.45 bits per heavy atom. The van der Waals surface area contributed by atoms with Crippen LogP contribution in [0.15, 0.2) is 36.1 Å². The second-order valence-electron chi connectivity index (χ2n) is 5.16. The number of carbonyl (C=O) groups is 1. The second-order valence-corrected chi connectivity index (χ2v) is 5.16. The first-order chi connectivity index (χ1) is 10.7. The molecule has 0 aliphatic carbocycles. The quantitative estimate of drug-likeness (QED) is 0.268. The molecule has 0 fully saturated rings. The molecule has 4 nitrogen and oxygen atoms in total. The van der Waals surface area contributed by atoms with Gasteiger partial charge in [0.1, 0.15) is 0 Å². The average molecular weight is 306 g/mol. The van der Waals surface area contributed by atoms with Gasteiger partial charge in [-0.25, -0.2) is 4.79 Å². The van der Waals surface area contributed by atoms with E-state index in [1.165, 1.54) is 31.8 Å². The van der Waals surface area contributed by atoms with Crippen LogP contribution in [0.1, 0.15) is 51.0 Å². The number of carboxylic acids is 1. The minimum Gasteiger partial charge on any atom is -0.475 e. The molecule has 0 aliphatic heterocycles. The Kier molecular flexibility index (Phi) is 9.79. The van der Waals surface area contributed by atoms with Crippen molar-refractivity contribution >= 4 is 12.0 Å². The van der Waals surface area contributed by atoms with E-state index in [-0.39, 0.29) is 12.6 Å². The van der Waals surface area contributed by atoms with Gasteiger partial charge in [-0.15, -0.1) is 0 Å². The summed E-state index contributed by atoms with van der Waals surface area (Å²) in [6.07, 6.45) is 8.66. The Labute approximate surface area is 132 Å². The summed E-state index contributed by atoms with van der Waals surface area (Å²) in [5.41, 5.74) is 0.788. The molecule has 1 aromatic carbocycles. The van der Waals surface area contributed by atoms with Crippen molar-refractivity contribution in [1.82, 2.24) is 0 Å². The summed E-state index contributed by atoms with van der Waals surface area (Å²) in [7, 11) is 0. The Morgan fingerprint density at radius 2 is 1.77 bits per heavy atom. The van der Waals surface area contributed by atoms with Gasteiger partial charge in [0.05, 0.1) is 6.61 Å². The van der Waals surface area contributed by atoms with E-state index in [1.54, 1.807) is 0 Å². The van der Waals surface area contributed by atoms with Crippen LogP contribution in [-0.4, -0.2) is 24.5 Å². The molecule has 0 spiro atoms. The van der Waals surface area contributed by atoms with E-state index >= 15 is 0 Å². The standard InChI is InChI=1S/C18H26O4/c1-2-3-4-5-6-10-13-21-15-22-17(18(19)20)14-16-11-8-7-9-12-16/h7-9,11-12,14H,2-6,10,13,15H2,1H3,(H,19,20). The van der Waals surface area contributed by atoms with Crippen molar-refractivity contribution in [3.63, 3.8) is 0 Å². The highest BCUT2D eigenvalue weighted by molar-refractivity contribution is 5.89. The van der Waals surface area contributed by atoms with Gasteiger partial charge < -0.3 is 14.6 Å². The van der Waals surface area contributed by atoms with Crippen molar-refractivity contribution in [3.05, 3.63) is 41.7 Å². The molecule has 22 heavy (non-hydrogen) atoms. The lowest BCUT2D eigenvalue weighted by molar-refractivity contribution is -0.139. The number of hydrogen-bond donors (Lipinski definition) is 1. The maximum Gasteiger partial charge on any atom is 0.371 e. The molecule has 4 heteroatoms. The lowest BCUT2D eigenvalue weighted by Gasteiger charge is -2.08. The van der Waals surface area contributed by atoms with Crippen LogP contribution in [0.4, 0.5) is 0 Å². The van der Waals surface area contributed by atoms with Crippen molar-refractivity contribution in [1.29, 1.82) is 0 Å². The molecule has 0 saturated heterocycles. The van der Waals surface area contributed by atoms with E-state index in [4.69, 9.17) is 14.6 Å². The molecule has 0 aromatic heterocycles. The normalized spacial score (nSPS) is 11.4. The maximum absolute atomic E-state index is 11.1. The van der Waals surface area contributed by atoms with Crippen LogP contribution in [-0.2, 0) is 14.3 Å². The fourth-order valence-electron chi connectivity index (χ4n) is 2.01. The van der Waals surface area contributed by atoms with Gasteiger partial charge in [-0.05, 0) is 18.1 Å². The average Bonchev–Trinajstić information content (AvgIpc) is 2.53. The lowest BCUT2D eigenvalue weighted by Crippen LogP contribution is -2.08. The third-order valence-electron chi connectivity index (χ3n) is 3.25. The zero-order valence-electron chi connectivity index (χ0n) is 13.3. The molecule has 1 N–H and O–H groups in total. The summed E-state index contributed by atoms with van der Waals surface area (Å²) in [6, 6.07) is 9.22. The van der Waals surface area contributed by atoms with Crippen LogP contribution in [0.25, 0.3) is 6.08 Å². The van der Waals surface area contributed by atoms with Crippen molar-refractivity contribution in [3.8, 4) is 0 Å². The van der Waals surface area contributed by atoms with Crippen LogP contribution >= 0.6 is 0 Å². The fraction of sp³-hybridized carbons (Fsp3) is 0.500. The predicted molar refractivity (Wildman–Crippen MR) is 87.3 cm³/mol. The van der Waals surface area contributed by atoms with Gasteiger partial charge in [0.25, 0.3) is 0 Å². The van der Waals surface area contributed by atoms with E-state index in [0.717, 1.165) is 18.4 Å². The summed E-state index contributed by atoms with van der Waals surface area (Å²) in [6.45, 7) is 2.77. The number of hydrogen-bond acceptors (Lipinski definition) is 3. The van der Waals surface area contributed by atoms with Gasteiger partial charge in [-0.2, -0.15) is 0 Å².